The second-order valence-electron chi connectivity index (χ2n) is 6.57. The topological polar surface area (TPSA) is 42.4 Å². The van der Waals surface area contributed by atoms with E-state index < -0.39 is 0 Å². The number of pyridine rings is 1. The van der Waals surface area contributed by atoms with Crippen molar-refractivity contribution in [3.8, 4) is 5.75 Å². The number of hydrogen-bond donors (Lipinski definition) is 0. The fraction of sp³-hybridized carbons (Fsp3) is 0.182. The molecule has 1 aliphatic heterocycles. The number of fused-ring (bicyclic) bond motifs is 1. The van der Waals surface area contributed by atoms with Crippen LogP contribution in [0.2, 0.25) is 5.02 Å². The molecule has 5 heteroatoms. The quantitative estimate of drug-likeness (QED) is 0.655. The minimum absolute atomic E-state index is 0.0389. The van der Waals surface area contributed by atoms with E-state index in [4.69, 9.17) is 16.3 Å². The second-order valence-corrected chi connectivity index (χ2v) is 7.01. The molecule has 136 valence electrons. The molecule has 2 heterocycles. The maximum Gasteiger partial charge on any atom is 0.254 e. The van der Waals surface area contributed by atoms with Gasteiger partial charge in [-0.3, -0.25) is 9.78 Å². The fourth-order valence-electron chi connectivity index (χ4n) is 3.20. The van der Waals surface area contributed by atoms with Crippen LogP contribution in [0, 0.1) is 0 Å². The van der Waals surface area contributed by atoms with E-state index in [9.17, 15) is 4.79 Å². The van der Waals surface area contributed by atoms with Crippen LogP contribution in [0.15, 0.2) is 67.0 Å². The van der Waals surface area contributed by atoms with Gasteiger partial charge >= 0.3 is 0 Å². The van der Waals surface area contributed by atoms with Gasteiger partial charge in [0.25, 0.3) is 5.91 Å². The molecular weight excluding hydrogens is 360 g/mol. The Morgan fingerprint density at radius 1 is 1.07 bits per heavy atom. The Labute approximate surface area is 163 Å². The van der Waals surface area contributed by atoms with Crippen LogP contribution < -0.4 is 4.74 Å². The summed E-state index contributed by atoms with van der Waals surface area (Å²) in [5.41, 5.74) is 3.85. The molecule has 27 heavy (non-hydrogen) atoms. The summed E-state index contributed by atoms with van der Waals surface area (Å²) in [6.07, 6.45) is 4.38. The molecule has 0 radical (unpaired) electrons. The number of aromatic nitrogens is 1. The molecule has 0 bridgehead atoms. The lowest BCUT2D eigenvalue weighted by Crippen LogP contribution is -2.37. The molecule has 0 atom stereocenters. The van der Waals surface area contributed by atoms with Gasteiger partial charge in [0, 0.05) is 36.1 Å². The lowest BCUT2D eigenvalue weighted by molar-refractivity contribution is 0.0726. The van der Waals surface area contributed by atoms with Crippen molar-refractivity contribution in [2.45, 2.75) is 19.6 Å². The van der Waals surface area contributed by atoms with E-state index in [1.54, 1.807) is 12.4 Å². The van der Waals surface area contributed by atoms with E-state index in [-0.39, 0.29) is 5.91 Å². The van der Waals surface area contributed by atoms with Gasteiger partial charge in [-0.05, 0) is 53.4 Å². The van der Waals surface area contributed by atoms with E-state index in [0.29, 0.717) is 30.5 Å². The van der Waals surface area contributed by atoms with E-state index in [1.165, 1.54) is 0 Å². The zero-order valence-corrected chi connectivity index (χ0v) is 15.5. The molecule has 0 aliphatic carbocycles. The number of benzene rings is 2. The first-order valence-electron chi connectivity index (χ1n) is 8.87. The van der Waals surface area contributed by atoms with Gasteiger partial charge in [0.1, 0.15) is 12.4 Å². The molecule has 0 N–H and O–H groups in total. The zero-order valence-electron chi connectivity index (χ0n) is 14.8. The number of hydrogen-bond acceptors (Lipinski definition) is 3. The summed E-state index contributed by atoms with van der Waals surface area (Å²) >= 11 is 5.91. The van der Waals surface area contributed by atoms with Crippen molar-refractivity contribution < 1.29 is 9.53 Å². The van der Waals surface area contributed by atoms with Gasteiger partial charge in [-0.1, -0.05) is 35.9 Å². The SMILES string of the molecule is O=C1c2cc(OCc3ccc(Cl)cc3)ccc2CCN1Cc1cccnc1. The van der Waals surface area contributed by atoms with Gasteiger partial charge < -0.3 is 9.64 Å². The monoisotopic (exact) mass is 378 g/mol. The van der Waals surface area contributed by atoms with E-state index in [0.717, 1.165) is 28.7 Å². The third-order valence-electron chi connectivity index (χ3n) is 4.66. The Kier molecular flexibility index (Phi) is 5.07. The van der Waals surface area contributed by atoms with Crippen molar-refractivity contribution >= 4 is 17.5 Å². The highest BCUT2D eigenvalue weighted by Gasteiger charge is 2.24. The molecule has 4 nitrogen and oxygen atoms in total. The molecule has 4 rings (SSSR count). The van der Waals surface area contributed by atoms with Crippen molar-refractivity contribution in [3.63, 3.8) is 0 Å². The third kappa shape index (κ3) is 4.12. The molecule has 3 aromatic rings. The smallest absolute Gasteiger partial charge is 0.254 e. The summed E-state index contributed by atoms with van der Waals surface area (Å²) in [6, 6.07) is 17.2. The highest BCUT2D eigenvalue weighted by atomic mass is 35.5. The average Bonchev–Trinajstić information content (AvgIpc) is 2.71. The number of rotatable bonds is 5. The van der Waals surface area contributed by atoms with E-state index >= 15 is 0 Å². The third-order valence-corrected chi connectivity index (χ3v) is 4.92. The van der Waals surface area contributed by atoms with Crippen LogP contribution in [-0.2, 0) is 19.6 Å². The van der Waals surface area contributed by atoms with E-state index in [1.807, 2.05) is 59.5 Å². The fourth-order valence-corrected chi connectivity index (χ4v) is 3.33. The predicted octanol–water partition coefficient (Wildman–Crippen LogP) is 4.51. The number of amides is 1. The van der Waals surface area contributed by atoms with Crippen molar-refractivity contribution in [2.24, 2.45) is 0 Å². The Bertz CT molecular complexity index is 942. The van der Waals surface area contributed by atoms with Crippen LogP contribution in [0.3, 0.4) is 0 Å². The first-order chi connectivity index (χ1) is 13.2. The Hall–Kier alpha value is -2.85. The van der Waals surface area contributed by atoms with Crippen molar-refractivity contribution in [3.05, 3.63) is 94.3 Å². The minimum Gasteiger partial charge on any atom is -0.489 e. The molecule has 0 spiro atoms. The predicted molar refractivity (Wildman–Crippen MR) is 105 cm³/mol. The zero-order chi connectivity index (χ0) is 18.6. The molecule has 0 fully saturated rings. The Morgan fingerprint density at radius 2 is 1.93 bits per heavy atom. The minimum atomic E-state index is 0.0389. The number of halogens is 1. The molecule has 1 aliphatic rings. The second kappa shape index (κ2) is 7.80. The molecule has 0 saturated heterocycles. The maximum atomic E-state index is 12.9. The van der Waals surface area contributed by atoms with Crippen molar-refractivity contribution in [1.29, 1.82) is 0 Å². The lowest BCUT2D eigenvalue weighted by Gasteiger charge is -2.29. The largest absolute Gasteiger partial charge is 0.489 e. The maximum absolute atomic E-state index is 12.9. The lowest BCUT2D eigenvalue weighted by atomic mass is 9.98. The summed E-state index contributed by atoms with van der Waals surface area (Å²) < 4.78 is 5.88. The molecule has 2 aromatic carbocycles. The van der Waals surface area contributed by atoms with Crippen LogP contribution in [0.5, 0.6) is 5.75 Å². The van der Waals surface area contributed by atoms with Crippen molar-refractivity contribution in [2.75, 3.05) is 6.54 Å². The van der Waals surface area contributed by atoms with Crippen LogP contribution in [0.4, 0.5) is 0 Å². The first kappa shape index (κ1) is 17.6. The van der Waals surface area contributed by atoms with Crippen LogP contribution in [-0.4, -0.2) is 22.3 Å². The summed E-state index contributed by atoms with van der Waals surface area (Å²) in [7, 11) is 0. The highest BCUT2D eigenvalue weighted by Crippen LogP contribution is 2.25. The summed E-state index contributed by atoms with van der Waals surface area (Å²) in [4.78, 5) is 18.9. The number of carbonyl (C=O) groups excluding carboxylic acids is 1. The first-order valence-corrected chi connectivity index (χ1v) is 9.25. The molecule has 0 saturated carbocycles. The number of carbonyl (C=O) groups is 1. The molecule has 1 aromatic heterocycles. The number of ether oxygens (including phenoxy) is 1. The summed E-state index contributed by atoms with van der Waals surface area (Å²) in [6.45, 7) is 1.72. The summed E-state index contributed by atoms with van der Waals surface area (Å²) in [5, 5.41) is 0.701. The Morgan fingerprint density at radius 3 is 2.70 bits per heavy atom. The van der Waals surface area contributed by atoms with Gasteiger partial charge in [-0.25, -0.2) is 0 Å². The highest BCUT2D eigenvalue weighted by molar-refractivity contribution is 6.30. The van der Waals surface area contributed by atoms with Crippen LogP contribution in [0.1, 0.15) is 27.0 Å². The summed E-state index contributed by atoms with van der Waals surface area (Å²) in [5.74, 6) is 0.734. The van der Waals surface area contributed by atoms with Gasteiger partial charge in [0.2, 0.25) is 0 Å². The normalized spacial score (nSPS) is 13.4. The van der Waals surface area contributed by atoms with E-state index in [2.05, 4.69) is 4.98 Å². The standard InChI is InChI=1S/C22H19ClN2O2/c23-19-6-3-16(4-7-19)15-27-20-8-5-18-9-11-25(22(26)21(18)12-20)14-17-2-1-10-24-13-17/h1-8,10,12-13H,9,11,14-15H2. The van der Waals surface area contributed by atoms with Gasteiger partial charge in [-0.15, -0.1) is 0 Å². The van der Waals surface area contributed by atoms with Crippen LogP contribution >= 0.6 is 11.6 Å². The molecule has 1 amide bonds. The number of nitrogens with zero attached hydrogens (tertiary/aromatic N) is 2. The Balaban J connectivity index is 1.47. The molecule has 0 unspecified atom stereocenters. The molecular formula is C22H19ClN2O2. The average molecular weight is 379 g/mol. The van der Waals surface area contributed by atoms with Crippen LogP contribution in [0.25, 0.3) is 0 Å². The van der Waals surface area contributed by atoms with Gasteiger partial charge in [0.05, 0.1) is 0 Å². The van der Waals surface area contributed by atoms with Gasteiger partial charge in [-0.2, -0.15) is 0 Å². The van der Waals surface area contributed by atoms with Crippen molar-refractivity contribution in [1.82, 2.24) is 9.88 Å². The van der Waals surface area contributed by atoms with Gasteiger partial charge in [0.15, 0.2) is 0 Å².